The van der Waals surface area contributed by atoms with Crippen molar-refractivity contribution in [2.45, 2.75) is 38.6 Å². The molecule has 0 unspecified atom stereocenters. The van der Waals surface area contributed by atoms with E-state index in [1.54, 1.807) is 0 Å². The van der Waals surface area contributed by atoms with Crippen molar-refractivity contribution in [1.29, 1.82) is 0 Å². The maximum Gasteiger partial charge on any atom is 0.149 e. The summed E-state index contributed by atoms with van der Waals surface area (Å²) in [5.74, 6) is 0.899. The van der Waals surface area contributed by atoms with Crippen molar-refractivity contribution in [3.63, 3.8) is 0 Å². The molecule has 0 aromatic heterocycles. The predicted octanol–water partition coefficient (Wildman–Crippen LogP) is 1.04. The number of hydrogen-bond donors (Lipinski definition) is 1. The van der Waals surface area contributed by atoms with Gasteiger partial charge in [0.05, 0.1) is 6.54 Å². The molecule has 1 N–H and O–H groups in total. The Morgan fingerprint density at radius 2 is 1.93 bits per heavy atom. The summed E-state index contributed by atoms with van der Waals surface area (Å²) in [5, 5.41) is 3.37. The van der Waals surface area contributed by atoms with Crippen LogP contribution in [-0.2, 0) is 4.79 Å². The van der Waals surface area contributed by atoms with Crippen LogP contribution in [0.2, 0.25) is 0 Å². The highest BCUT2D eigenvalue weighted by molar-refractivity contribution is 5.85. The minimum atomic E-state index is 0.417. The fraction of sp³-hybridized carbons (Fsp3) is 0.917. The minimum Gasteiger partial charge on any atom is -0.317 e. The molecule has 2 rings (SSSR count). The normalized spacial score (nSPS) is 23.3. The molecule has 3 heteroatoms. The third-order valence-corrected chi connectivity index (χ3v) is 3.62. The molecule has 0 atom stereocenters. The fourth-order valence-electron chi connectivity index (χ4n) is 2.41. The molecule has 0 amide bonds. The zero-order chi connectivity index (χ0) is 10.7. The van der Waals surface area contributed by atoms with E-state index >= 15 is 0 Å². The van der Waals surface area contributed by atoms with Crippen LogP contribution in [0.1, 0.15) is 32.6 Å². The summed E-state index contributed by atoms with van der Waals surface area (Å²) in [4.78, 5) is 14.1. The van der Waals surface area contributed by atoms with Gasteiger partial charge in [0, 0.05) is 12.0 Å². The number of Topliss-reactive ketones (excluding diaryl/α,β-unsaturated/α-hetero) is 1. The highest BCUT2D eigenvalue weighted by Gasteiger charge is 2.31. The van der Waals surface area contributed by atoms with Crippen LogP contribution in [0, 0.1) is 5.92 Å². The Morgan fingerprint density at radius 1 is 1.27 bits per heavy atom. The largest absolute Gasteiger partial charge is 0.317 e. The average molecular weight is 210 g/mol. The predicted molar refractivity (Wildman–Crippen MR) is 60.9 cm³/mol. The second-order valence-electron chi connectivity index (χ2n) is 4.78. The van der Waals surface area contributed by atoms with E-state index in [0.29, 0.717) is 24.3 Å². The third kappa shape index (κ3) is 3.02. The van der Waals surface area contributed by atoms with E-state index < -0.39 is 0 Å². The molecule has 15 heavy (non-hydrogen) atoms. The number of rotatable bonds is 5. The molecular weight excluding hydrogens is 188 g/mol. The zero-order valence-corrected chi connectivity index (χ0v) is 9.67. The van der Waals surface area contributed by atoms with Crippen LogP contribution < -0.4 is 5.32 Å². The van der Waals surface area contributed by atoms with E-state index in [1.165, 1.54) is 12.8 Å². The summed E-state index contributed by atoms with van der Waals surface area (Å²) in [6, 6.07) is 0.638. The van der Waals surface area contributed by atoms with Gasteiger partial charge in [0.2, 0.25) is 0 Å². The molecule has 86 valence electrons. The Labute approximate surface area is 92.2 Å². The summed E-state index contributed by atoms with van der Waals surface area (Å²) >= 11 is 0. The van der Waals surface area contributed by atoms with Gasteiger partial charge in [-0.15, -0.1) is 0 Å². The Balaban J connectivity index is 1.81. The second kappa shape index (κ2) is 5.08. The van der Waals surface area contributed by atoms with Crippen molar-refractivity contribution in [2.75, 3.05) is 26.2 Å². The van der Waals surface area contributed by atoms with Gasteiger partial charge < -0.3 is 5.32 Å². The third-order valence-electron chi connectivity index (χ3n) is 3.62. The summed E-state index contributed by atoms with van der Waals surface area (Å²) < 4.78 is 0. The Bertz CT molecular complexity index is 220. The first-order valence-electron chi connectivity index (χ1n) is 6.28. The molecule has 2 aliphatic rings. The van der Waals surface area contributed by atoms with Crippen LogP contribution in [0.15, 0.2) is 0 Å². The lowest BCUT2D eigenvalue weighted by Crippen LogP contribution is -2.45. The lowest BCUT2D eigenvalue weighted by Gasteiger charge is -2.33. The lowest BCUT2D eigenvalue weighted by atomic mass is 10.0. The van der Waals surface area contributed by atoms with Crippen LogP contribution in [0.25, 0.3) is 0 Å². The standard InChI is InChI=1S/C12H22N2O/c1-2-14(9-12(15)10-3-4-10)11-5-7-13-8-6-11/h10-11,13H,2-9H2,1H3. The van der Waals surface area contributed by atoms with Gasteiger partial charge in [-0.05, 0) is 45.3 Å². The molecule has 1 saturated heterocycles. The Kier molecular flexibility index (Phi) is 3.76. The first-order chi connectivity index (χ1) is 7.31. The van der Waals surface area contributed by atoms with Crippen molar-refractivity contribution in [3.05, 3.63) is 0 Å². The molecule has 3 nitrogen and oxygen atoms in total. The second-order valence-corrected chi connectivity index (χ2v) is 4.78. The molecule has 0 aromatic carbocycles. The maximum absolute atomic E-state index is 11.8. The summed E-state index contributed by atoms with van der Waals surface area (Å²) in [7, 11) is 0. The molecule has 1 aliphatic carbocycles. The number of ketones is 1. The molecule has 2 fully saturated rings. The first-order valence-corrected chi connectivity index (χ1v) is 6.28. The summed E-state index contributed by atoms with van der Waals surface area (Å²) in [6.45, 7) is 6.11. The smallest absolute Gasteiger partial charge is 0.149 e. The quantitative estimate of drug-likeness (QED) is 0.736. The van der Waals surface area contributed by atoms with Crippen LogP contribution in [0.4, 0.5) is 0 Å². The van der Waals surface area contributed by atoms with Crippen molar-refractivity contribution >= 4 is 5.78 Å². The highest BCUT2D eigenvalue weighted by Crippen LogP contribution is 2.30. The van der Waals surface area contributed by atoms with E-state index in [4.69, 9.17) is 0 Å². The molecule has 1 aliphatic heterocycles. The molecule has 0 bridgehead atoms. The number of likely N-dealkylation sites (N-methyl/N-ethyl adjacent to an activating group) is 1. The molecular formula is C12H22N2O. The highest BCUT2D eigenvalue weighted by atomic mass is 16.1. The number of carbonyl (C=O) groups is 1. The number of nitrogens with zero attached hydrogens (tertiary/aromatic N) is 1. The topological polar surface area (TPSA) is 32.3 Å². The molecule has 1 saturated carbocycles. The number of carbonyl (C=O) groups excluding carboxylic acids is 1. The maximum atomic E-state index is 11.8. The Hall–Kier alpha value is -0.410. The van der Waals surface area contributed by atoms with Gasteiger partial charge in [0.1, 0.15) is 5.78 Å². The Morgan fingerprint density at radius 3 is 2.47 bits per heavy atom. The zero-order valence-electron chi connectivity index (χ0n) is 9.67. The van der Waals surface area contributed by atoms with E-state index in [0.717, 1.165) is 32.5 Å². The number of hydrogen-bond acceptors (Lipinski definition) is 3. The van der Waals surface area contributed by atoms with Gasteiger partial charge >= 0.3 is 0 Å². The summed E-state index contributed by atoms with van der Waals surface area (Å²) in [6.07, 6.45) is 4.68. The van der Waals surface area contributed by atoms with E-state index in [-0.39, 0.29) is 0 Å². The van der Waals surface area contributed by atoms with Crippen LogP contribution in [0.5, 0.6) is 0 Å². The van der Waals surface area contributed by atoms with Crippen LogP contribution in [-0.4, -0.2) is 42.9 Å². The lowest BCUT2D eigenvalue weighted by molar-refractivity contribution is -0.122. The van der Waals surface area contributed by atoms with E-state index in [1.807, 2.05) is 0 Å². The number of nitrogens with one attached hydrogen (secondary N) is 1. The van der Waals surface area contributed by atoms with E-state index in [2.05, 4.69) is 17.1 Å². The van der Waals surface area contributed by atoms with Gasteiger partial charge in [-0.3, -0.25) is 9.69 Å². The van der Waals surface area contributed by atoms with Crippen LogP contribution in [0.3, 0.4) is 0 Å². The van der Waals surface area contributed by atoms with Crippen molar-refractivity contribution in [3.8, 4) is 0 Å². The fourth-order valence-corrected chi connectivity index (χ4v) is 2.41. The molecule has 0 radical (unpaired) electrons. The molecule has 0 spiro atoms. The van der Waals surface area contributed by atoms with Crippen LogP contribution >= 0.6 is 0 Å². The van der Waals surface area contributed by atoms with Gasteiger partial charge in [0.25, 0.3) is 0 Å². The first kappa shape index (κ1) is 11.1. The van der Waals surface area contributed by atoms with Gasteiger partial charge in [-0.1, -0.05) is 6.92 Å². The SMILES string of the molecule is CCN(CC(=O)C1CC1)C1CCNCC1. The van der Waals surface area contributed by atoms with Gasteiger partial charge in [-0.25, -0.2) is 0 Å². The van der Waals surface area contributed by atoms with Gasteiger partial charge in [-0.2, -0.15) is 0 Å². The summed E-state index contributed by atoms with van der Waals surface area (Å²) in [5.41, 5.74) is 0. The average Bonchev–Trinajstić information content (AvgIpc) is 3.10. The van der Waals surface area contributed by atoms with Gasteiger partial charge in [0.15, 0.2) is 0 Å². The van der Waals surface area contributed by atoms with E-state index in [9.17, 15) is 4.79 Å². The monoisotopic (exact) mass is 210 g/mol. The minimum absolute atomic E-state index is 0.417. The molecule has 0 aromatic rings. The van der Waals surface area contributed by atoms with Crippen molar-refractivity contribution in [2.24, 2.45) is 5.92 Å². The molecule has 1 heterocycles. The van der Waals surface area contributed by atoms with Crippen molar-refractivity contribution < 1.29 is 4.79 Å². The van der Waals surface area contributed by atoms with Crippen molar-refractivity contribution in [1.82, 2.24) is 10.2 Å². The number of piperidine rings is 1.